The van der Waals surface area contributed by atoms with E-state index in [9.17, 15) is 0 Å². The Hall–Kier alpha value is -1.10. The minimum atomic E-state index is 0.578. The number of rotatable bonds is 6. The molecule has 6 heteroatoms. The van der Waals surface area contributed by atoms with Crippen LogP contribution in [0.1, 0.15) is 12.5 Å². The van der Waals surface area contributed by atoms with Crippen LogP contribution in [0.3, 0.4) is 0 Å². The summed E-state index contributed by atoms with van der Waals surface area (Å²) >= 11 is 15.5. The number of halogens is 3. The van der Waals surface area contributed by atoms with Gasteiger partial charge in [-0.2, -0.15) is 0 Å². The monoisotopic (exact) mass is 403 g/mol. The molecule has 0 heterocycles. The van der Waals surface area contributed by atoms with Crippen LogP contribution in [-0.4, -0.2) is 13.7 Å². The highest BCUT2D eigenvalue weighted by Crippen LogP contribution is 2.34. The molecule has 0 fully saturated rings. The van der Waals surface area contributed by atoms with Crippen LogP contribution in [0.4, 0.5) is 5.69 Å². The lowest BCUT2D eigenvalue weighted by atomic mass is 10.2. The number of ether oxygens (including phenoxy) is 2. The summed E-state index contributed by atoms with van der Waals surface area (Å²) < 4.78 is 11.9. The predicted molar refractivity (Wildman–Crippen MR) is 95.7 cm³/mol. The van der Waals surface area contributed by atoms with Crippen LogP contribution in [-0.2, 0) is 6.54 Å². The normalized spacial score (nSPS) is 10.4. The van der Waals surface area contributed by atoms with Crippen LogP contribution in [0.5, 0.6) is 11.5 Å². The third-order valence-corrected chi connectivity index (χ3v) is 4.15. The average molecular weight is 405 g/mol. The molecule has 0 saturated carbocycles. The van der Waals surface area contributed by atoms with Crippen molar-refractivity contribution in [3.63, 3.8) is 0 Å². The molecule has 0 aliphatic heterocycles. The van der Waals surface area contributed by atoms with Crippen molar-refractivity contribution in [1.82, 2.24) is 0 Å². The zero-order chi connectivity index (χ0) is 16.1. The highest BCUT2D eigenvalue weighted by Gasteiger charge is 2.10. The topological polar surface area (TPSA) is 30.5 Å². The number of methoxy groups -OCH3 is 1. The summed E-state index contributed by atoms with van der Waals surface area (Å²) in [6, 6.07) is 9.20. The second-order valence-electron chi connectivity index (χ2n) is 4.54. The molecule has 3 nitrogen and oxygen atoms in total. The maximum atomic E-state index is 6.00. The Balaban J connectivity index is 2.19. The van der Waals surface area contributed by atoms with Gasteiger partial charge in [0, 0.05) is 26.8 Å². The third kappa shape index (κ3) is 4.45. The van der Waals surface area contributed by atoms with E-state index in [0.717, 1.165) is 15.7 Å². The van der Waals surface area contributed by atoms with Crippen LogP contribution in [0, 0.1) is 0 Å². The highest BCUT2D eigenvalue weighted by molar-refractivity contribution is 9.10. The second kappa shape index (κ2) is 7.95. The predicted octanol–water partition coefficient (Wildman–Crippen LogP) is 5.78. The quantitative estimate of drug-likeness (QED) is 0.662. The number of benzene rings is 2. The maximum Gasteiger partial charge on any atom is 0.161 e. The van der Waals surface area contributed by atoms with E-state index in [-0.39, 0.29) is 0 Å². The van der Waals surface area contributed by atoms with Crippen LogP contribution in [0.2, 0.25) is 10.0 Å². The molecule has 0 spiro atoms. The van der Waals surface area contributed by atoms with Gasteiger partial charge < -0.3 is 14.8 Å². The third-order valence-electron chi connectivity index (χ3n) is 2.98. The first-order chi connectivity index (χ1) is 10.5. The van der Waals surface area contributed by atoms with E-state index < -0.39 is 0 Å². The Morgan fingerprint density at radius 2 is 1.73 bits per heavy atom. The van der Waals surface area contributed by atoms with E-state index in [0.29, 0.717) is 34.7 Å². The van der Waals surface area contributed by atoms with Gasteiger partial charge in [0.2, 0.25) is 0 Å². The van der Waals surface area contributed by atoms with Crippen LogP contribution >= 0.6 is 39.1 Å². The molecule has 2 aromatic rings. The molecule has 0 bridgehead atoms. The summed E-state index contributed by atoms with van der Waals surface area (Å²) in [5.41, 5.74) is 1.90. The molecule has 0 unspecified atom stereocenters. The van der Waals surface area contributed by atoms with Crippen molar-refractivity contribution >= 4 is 44.8 Å². The first kappa shape index (κ1) is 17.3. The number of nitrogens with one attached hydrogen (secondary N) is 1. The van der Waals surface area contributed by atoms with Gasteiger partial charge in [-0.3, -0.25) is 0 Å². The smallest absolute Gasteiger partial charge is 0.161 e. The molecular weight excluding hydrogens is 389 g/mol. The van der Waals surface area contributed by atoms with Gasteiger partial charge in [0.15, 0.2) is 11.5 Å². The fraction of sp³-hybridized carbons (Fsp3) is 0.250. The Morgan fingerprint density at radius 3 is 2.32 bits per heavy atom. The molecule has 1 N–H and O–H groups in total. The molecule has 0 aliphatic rings. The van der Waals surface area contributed by atoms with Gasteiger partial charge in [-0.25, -0.2) is 0 Å². The first-order valence-electron chi connectivity index (χ1n) is 6.72. The van der Waals surface area contributed by atoms with Crippen LogP contribution < -0.4 is 14.8 Å². The molecule has 0 amide bonds. The van der Waals surface area contributed by atoms with Gasteiger partial charge in [0.05, 0.1) is 13.7 Å². The lowest BCUT2D eigenvalue weighted by Gasteiger charge is -2.14. The summed E-state index contributed by atoms with van der Waals surface area (Å²) in [4.78, 5) is 0. The number of hydrogen-bond donors (Lipinski definition) is 1. The minimum Gasteiger partial charge on any atom is -0.493 e. The molecule has 118 valence electrons. The van der Waals surface area contributed by atoms with Crippen molar-refractivity contribution in [2.75, 3.05) is 19.0 Å². The molecule has 0 atom stereocenters. The summed E-state index contributed by atoms with van der Waals surface area (Å²) in [7, 11) is 1.62. The van der Waals surface area contributed by atoms with Crippen molar-refractivity contribution in [2.24, 2.45) is 0 Å². The van der Waals surface area contributed by atoms with E-state index in [1.54, 1.807) is 13.2 Å². The minimum absolute atomic E-state index is 0.578. The lowest BCUT2D eigenvalue weighted by molar-refractivity contribution is 0.310. The SMILES string of the molecule is CCOc1cc(CNc2cc(Cl)cc(Cl)c2)c(Br)cc1OC. The van der Waals surface area contributed by atoms with E-state index in [2.05, 4.69) is 21.2 Å². The molecular formula is C16H16BrCl2NO2. The maximum absolute atomic E-state index is 6.00. The van der Waals surface area contributed by atoms with Crippen molar-refractivity contribution < 1.29 is 9.47 Å². The van der Waals surface area contributed by atoms with E-state index in [1.807, 2.05) is 31.2 Å². The Kier molecular flexibility index (Phi) is 6.24. The first-order valence-corrected chi connectivity index (χ1v) is 8.27. The summed E-state index contributed by atoms with van der Waals surface area (Å²) in [5, 5.41) is 4.49. The van der Waals surface area contributed by atoms with Crippen molar-refractivity contribution in [3.05, 3.63) is 50.4 Å². The Bertz CT molecular complexity index is 645. The van der Waals surface area contributed by atoms with Gasteiger partial charge in [0.25, 0.3) is 0 Å². The zero-order valence-electron chi connectivity index (χ0n) is 12.3. The van der Waals surface area contributed by atoms with Crippen LogP contribution in [0.15, 0.2) is 34.8 Å². The number of hydrogen-bond acceptors (Lipinski definition) is 3. The molecule has 0 radical (unpaired) electrons. The van der Waals surface area contributed by atoms with E-state index >= 15 is 0 Å². The van der Waals surface area contributed by atoms with Crippen LogP contribution in [0.25, 0.3) is 0 Å². The van der Waals surface area contributed by atoms with Crippen molar-refractivity contribution in [2.45, 2.75) is 13.5 Å². The van der Waals surface area contributed by atoms with Gasteiger partial charge in [-0.05, 0) is 42.8 Å². The van der Waals surface area contributed by atoms with Gasteiger partial charge in [-0.15, -0.1) is 0 Å². The molecule has 0 aromatic heterocycles. The number of anilines is 1. The van der Waals surface area contributed by atoms with Crippen molar-refractivity contribution in [1.29, 1.82) is 0 Å². The summed E-state index contributed by atoms with van der Waals surface area (Å²) in [6.07, 6.45) is 0. The molecule has 2 rings (SSSR count). The molecule has 0 aliphatic carbocycles. The van der Waals surface area contributed by atoms with E-state index in [4.69, 9.17) is 32.7 Å². The molecule has 0 saturated heterocycles. The van der Waals surface area contributed by atoms with Gasteiger partial charge in [-0.1, -0.05) is 39.1 Å². The highest BCUT2D eigenvalue weighted by atomic mass is 79.9. The zero-order valence-corrected chi connectivity index (χ0v) is 15.3. The van der Waals surface area contributed by atoms with Crippen molar-refractivity contribution in [3.8, 4) is 11.5 Å². The van der Waals surface area contributed by atoms with Gasteiger partial charge >= 0.3 is 0 Å². The second-order valence-corrected chi connectivity index (χ2v) is 6.27. The Morgan fingerprint density at radius 1 is 1.05 bits per heavy atom. The Labute approximate surface area is 148 Å². The van der Waals surface area contributed by atoms with E-state index in [1.165, 1.54) is 0 Å². The fourth-order valence-electron chi connectivity index (χ4n) is 1.99. The largest absolute Gasteiger partial charge is 0.493 e. The average Bonchev–Trinajstić information content (AvgIpc) is 2.46. The summed E-state index contributed by atoms with van der Waals surface area (Å²) in [6.45, 7) is 3.11. The van der Waals surface area contributed by atoms with Gasteiger partial charge in [0.1, 0.15) is 0 Å². The summed E-state index contributed by atoms with van der Waals surface area (Å²) in [5.74, 6) is 1.41. The fourth-order valence-corrected chi connectivity index (χ4v) is 2.98. The lowest BCUT2D eigenvalue weighted by Crippen LogP contribution is -2.03. The standard InChI is InChI=1S/C16H16BrCl2NO2/c1-3-22-16-4-10(14(17)8-15(16)21-2)9-20-13-6-11(18)5-12(19)7-13/h4-8,20H,3,9H2,1-2H3. The molecule has 22 heavy (non-hydrogen) atoms. The molecule has 2 aromatic carbocycles.